The molecule has 2 aromatic rings. The van der Waals surface area contributed by atoms with Crippen molar-refractivity contribution in [1.82, 2.24) is 15.0 Å². The maximum Gasteiger partial charge on any atom is 0.241 e. The van der Waals surface area contributed by atoms with Crippen LogP contribution in [0.2, 0.25) is 0 Å². The van der Waals surface area contributed by atoms with E-state index in [0.29, 0.717) is 16.8 Å². The smallest absolute Gasteiger partial charge is 0.241 e. The molecule has 1 aliphatic rings. The van der Waals surface area contributed by atoms with E-state index >= 15 is 0 Å². The second-order valence-corrected chi connectivity index (χ2v) is 7.48. The molecule has 0 radical (unpaired) electrons. The maximum absolute atomic E-state index is 12.8. The van der Waals surface area contributed by atoms with Crippen molar-refractivity contribution in [2.75, 3.05) is 13.1 Å². The van der Waals surface area contributed by atoms with E-state index in [9.17, 15) is 8.42 Å². The van der Waals surface area contributed by atoms with E-state index in [4.69, 9.17) is 0 Å². The SMILES string of the molecule is Cc1ccc(S(=O)(=O)NC2CCCCNC2)c2cccnc12. The predicted molar refractivity (Wildman–Crippen MR) is 87.3 cm³/mol. The number of rotatable bonds is 3. The predicted octanol–water partition coefficient (Wildman–Crippen LogP) is 1.96. The van der Waals surface area contributed by atoms with Gasteiger partial charge in [-0.25, -0.2) is 13.1 Å². The van der Waals surface area contributed by atoms with Crippen molar-refractivity contribution >= 4 is 20.9 Å². The van der Waals surface area contributed by atoms with Crippen molar-refractivity contribution in [3.05, 3.63) is 36.0 Å². The van der Waals surface area contributed by atoms with E-state index in [2.05, 4.69) is 15.0 Å². The Morgan fingerprint density at radius 1 is 1.27 bits per heavy atom. The Kier molecular flexibility index (Phi) is 4.42. The van der Waals surface area contributed by atoms with E-state index in [1.807, 2.05) is 19.1 Å². The number of aromatic nitrogens is 1. The zero-order valence-corrected chi connectivity index (χ0v) is 13.5. The summed E-state index contributed by atoms with van der Waals surface area (Å²) in [6.45, 7) is 3.57. The van der Waals surface area contributed by atoms with Crippen molar-refractivity contribution in [2.24, 2.45) is 0 Å². The summed E-state index contributed by atoms with van der Waals surface area (Å²) < 4.78 is 28.4. The molecule has 1 saturated heterocycles. The van der Waals surface area contributed by atoms with Crippen LogP contribution in [0.4, 0.5) is 0 Å². The zero-order valence-electron chi connectivity index (χ0n) is 12.7. The minimum absolute atomic E-state index is 0.0551. The highest BCUT2D eigenvalue weighted by atomic mass is 32.2. The molecular weight excluding hydrogens is 298 g/mol. The first kappa shape index (κ1) is 15.4. The summed E-state index contributed by atoms with van der Waals surface area (Å²) >= 11 is 0. The highest BCUT2D eigenvalue weighted by Gasteiger charge is 2.23. The van der Waals surface area contributed by atoms with Gasteiger partial charge in [-0.15, -0.1) is 0 Å². The van der Waals surface area contributed by atoms with Crippen LogP contribution in [0.15, 0.2) is 35.4 Å². The maximum atomic E-state index is 12.8. The molecule has 1 unspecified atom stereocenters. The lowest BCUT2D eigenvalue weighted by Crippen LogP contribution is -2.40. The highest BCUT2D eigenvalue weighted by Crippen LogP contribution is 2.24. The third-order valence-corrected chi connectivity index (χ3v) is 5.67. The number of sulfonamides is 1. The summed E-state index contributed by atoms with van der Waals surface area (Å²) in [6.07, 6.45) is 4.69. The summed E-state index contributed by atoms with van der Waals surface area (Å²) in [6, 6.07) is 7.02. The number of hydrogen-bond donors (Lipinski definition) is 2. The molecular formula is C16H21N3O2S. The van der Waals surface area contributed by atoms with E-state index in [1.54, 1.807) is 18.3 Å². The largest absolute Gasteiger partial charge is 0.315 e. The fourth-order valence-corrected chi connectivity index (χ4v) is 4.39. The number of nitrogens with one attached hydrogen (secondary N) is 2. The summed E-state index contributed by atoms with van der Waals surface area (Å²) in [5.74, 6) is 0. The normalized spacial score (nSPS) is 20.0. The molecule has 118 valence electrons. The first-order valence-corrected chi connectivity index (χ1v) is 9.13. The molecule has 6 heteroatoms. The zero-order chi connectivity index (χ0) is 15.6. The minimum Gasteiger partial charge on any atom is -0.315 e. The molecule has 1 aromatic heterocycles. The molecule has 0 amide bonds. The van der Waals surface area contributed by atoms with Crippen molar-refractivity contribution in [1.29, 1.82) is 0 Å². The van der Waals surface area contributed by atoms with Crippen molar-refractivity contribution in [3.63, 3.8) is 0 Å². The van der Waals surface area contributed by atoms with Crippen LogP contribution >= 0.6 is 0 Å². The quantitative estimate of drug-likeness (QED) is 0.907. The molecule has 2 heterocycles. The molecule has 22 heavy (non-hydrogen) atoms. The van der Waals surface area contributed by atoms with Crippen molar-refractivity contribution in [3.8, 4) is 0 Å². The monoisotopic (exact) mass is 319 g/mol. The van der Waals surface area contributed by atoms with Crippen LogP contribution in [0.25, 0.3) is 10.9 Å². The number of aryl methyl sites for hydroxylation is 1. The van der Waals surface area contributed by atoms with Gasteiger partial charge in [0.25, 0.3) is 0 Å². The second-order valence-electron chi connectivity index (χ2n) is 5.80. The lowest BCUT2D eigenvalue weighted by Gasteiger charge is -2.17. The molecule has 0 saturated carbocycles. The Balaban J connectivity index is 1.97. The van der Waals surface area contributed by atoms with Gasteiger partial charge < -0.3 is 5.32 Å². The van der Waals surface area contributed by atoms with E-state index in [0.717, 1.165) is 36.9 Å². The van der Waals surface area contributed by atoms with Gasteiger partial charge in [-0.1, -0.05) is 12.5 Å². The molecule has 2 N–H and O–H groups in total. The third kappa shape index (κ3) is 3.14. The number of hydrogen-bond acceptors (Lipinski definition) is 4. The van der Waals surface area contributed by atoms with Gasteiger partial charge in [0, 0.05) is 24.2 Å². The van der Waals surface area contributed by atoms with Crippen LogP contribution in [0.1, 0.15) is 24.8 Å². The minimum atomic E-state index is -3.55. The average molecular weight is 319 g/mol. The number of fused-ring (bicyclic) bond motifs is 1. The van der Waals surface area contributed by atoms with Crippen molar-refractivity contribution < 1.29 is 8.42 Å². The summed E-state index contributed by atoms with van der Waals surface area (Å²) in [4.78, 5) is 4.62. The molecule has 0 spiro atoms. The van der Waals surface area contributed by atoms with Crippen LogP contribution in [0, 0.1) is 6.92 Å². The molecule has 1 aliphatic heterocycles. The average Bonchev–Trinajstić information content (AvgIpc) is 2.76. The van der Waals surface area contributed by atoms with Crippen LogP contribution in [-0.2, 0) is 10.0 Å². The molecule has 1 aromatic carbocycles. The van der Waals surface area contributed by atoms with E-state index in [-0.39, 0.29) is 6.04 Å². The Hall–Kier alpha value is -1.50. The van der Waals surface area contributed by atoms with E-state index in [1.165, 1.54) is 0 Å². The van der Waals surface area contributed by atoms with Crippen LogP contribution in [0.5, 0.6) is 0 Å². The molecule has 0 aliphatic carbocycles. The first-order valence-electron chi connectivity index (χ1n) is 7.65. The van der Waals surface area contributed by atoms with Gasteiger partial charge in [-0.3, -0.25) is 4.98 Å². The molecule has 5 nitrogen and oxygen atoms in total. The number of benzene rings is 1. The van der Waals surface area contributed by atoms with Gasteiger partial charge in [-0.2, -0.15) is 0 Å². The molecule has 0 bridgehead atoms. The first-order chi connectivity index (χ1) is 10.6. The Morgan fingerprint density at radius 3 is 3.00 bits per heavy atom. The number of nitrogens with zero attached hydrogens (tertiary/aromatic N) is 1. The Bertz CT molecular complexity index is 766. The third-order valence-electron chi connectivity index (χ3n) is 4.09. The topological polar surface area (TPSA) is 71.1 Å². The lowest BCUT2D eigenvalue weighted by atomic mass is 10.1. The summed E-state index contributed by atoms with van der Waals surface area (Å²) in [7, 11) is -3.55. The van der Waals surface area contributed by atoms with Gasteiger partial charge in [0.15, 0.2) is 0 Å². The fourth-order valence-electron chi connectivity index (χ4n) is 2.92. The molecule has 1 fully saturated rings. The van der Waals surface area contributed by atoms with Gasteiger partial charge in [-0.05, 0) is 50.1 Å². The number of pyridine rings is 1. The second kappa shape index (κ2) is 6.32. The molecule has 3 rings (SSSR count). The van der Waals surface area contributed by atoms with Gasteiger partial charge in [0.1, 0.15) is 0 Å². The van der Waals surface area contributed by atoms with Crippen molar-refractivity contribution in [2.45, 2.75) is 37.1 Å². The van der Waals surface area contributed by atoms with Crippen LogP contribution < -0.4 is 10.0 Å². The van der Waals surface area contributed by atoms with Gasteiger partial charge >= 0.3 is 0 Å². The van der Waals surface area contributed by atoms with Gasteiger partial charge in [0.2, 0.25) is 10.0 Å². The van der Waals surface area contributed by atoms with Gasteiger partial charge in [0.05, 0.1) is 10.4 Å². The van der Waals surface area contributed by atoms with Crippen LogP contribution in [-0.4, -0.2) is 32.5 Å². The fraction of sp³-hybridized carbons (Fsp3) is 0.438. The molecule has 1 atom stereocenters. The Labute approximate surface area is 131 Å². The highest BCUT2D eigenvalue weighted by molar-refractivity contribution is 7.89. The standard InChI is InChI=1S/C16H21N3O2S/c1-12-7-8-15(14-6-4-10-18-16(12)14)22(20,21)19-13-5-2-3-9-17-11-13/h4,6-8,10,13,17,19H,2-3,5,9,11H2,1H3. The Morgan fingerprint density at radius 2 is 2.14 bits per heavy atom. The summed E-state index contributed by atoms with van der Waals surface area (Å²) in [5, 5.41) is 3.96. The van der Waals surface area contributed by atoms with Crippen LogP contribution in [0.3, 0.4) is 0 Å². The summed E-state index contributed by atoms with van der Waals surface area (Å²) in [5.41, 5.74) is 1.72. The van der Waals surface area contributed by atoms with E-state index < -0.39 is 10.0 Å². The lowest BCUT2D eigenvalue weighted by molar-refractivity contribution is 0.522.